The number of pyridine rings is 1. The molecular weight excluding hydrogens is 345 g/mol. The van der Waals surface area contributed by atoms with Gasteiger partial charge in [-0.05, 0) is 17.7 Å². The van der Waals surface area contributed by atoms with E-state index in [0.29, 0.717) is 10.7 Å². The minimum absolute atomic E-state index is 0.303. The Balaban J connectivity index is 0.000000956. The Labute approximate surface area is 135 Å². The summed E-state index contributed by atoms with van der Waals surface area (Å²) in [5, 5.41) is 4.20. The predicted octanol–water partition coefficient (Wildman–Crippen LogP) is 2.41. The second-order valence-electron chi connectivity index (χ2n) is 3.44. The summed E-state index contributed by atoms with van der Waals surface area (Å²) in [7, 11) is 4.20. The van der Waals surface area contributed by atoms with Crippen molar-refractivity contribution in [3.8, 4) is 0 Å². The van der Waals surface area contributed by atoms with Crippen molar-refractivity contribution in [1.29, 1.82) is 0 Å². The number of carbonyl (C=O) groups excluding carboxylic acids is 1. The van der Waals surface area contributed by atoms with Crippen molar-refractivity contribution in [1.82, 2.24) is 10.4 Å². The van der Waals surface area contributed by atoms with Crippen molar-refractivity contribution in [2.45, 2.75) is 0 Å². The quantitative estimate of drug-likeness (QED) is 0.302. The van der Waals surface area contributed by atoms with Crippen LogP contribution in [0.4, 0.5) is 0 Å². The number of rotatable bonds is 3. The molecule has 0 aliphatic carbocycles. The van der Waals surface area contributed by atoms with Crippen LogP contribution in [-0.4, -0.2) is 15.9 Å². The van der Waals surface area contributed by atoms with Gasteiger partial charge in [0, 0.05) is 6.20 Å². The molecule has 0 fully saturated rings. The first-order chi connectivity index (χ1) is 9.77. The van der Waals surface area contributed by atoms with Crippen molar-refractivity contribution in [3.63, 3.8) is 0 Å². The van der Waals surface area contributed by atoms with Crippen molar-refractivity contribution >= 4 is 33.7 Å². The third kappa shape index (κ3) is 5.27. The third-order valence-electron chi connectivity index (χ3n) is 2.18. The standard InChI is InChI=1S/C13H11N3OS.ClH.Cu/c17-12(11-8-4-5-9-14-11)15-16-13(18)10-6-2-1-3-7-10;;/h1-9H,(H,15,17)(H,16,18);1H;/q;;+2/p-2. The van der Waals surface area contributed by atoms with Gasteiger partial charge in [0.1, 0.15) is 5.69 Å². The van der Waals surface area contributed by atoms with Crippen LogP contribution in [-0.2, 0) is 27.7 Å². The normalized spacial score (nSPS) is 10.2. The molecule has 1 aromatic heterocycles. The molecule has 7 heteroatoms. The Morgan fingerprint density at radius 3 is 2.40 bits per heavy atom. The summed E-state index contributed by atoms with van der Waals surface area (Å²) in [6.07, 6.45) is 1.55. The predicted molar refractivity (Wildman–Crippen MR) is 77.9 cm³/mol. The van der Waals surface area contributed by atoms with Crippen LogP contribution in [0.1, 0.15) is 16.1 Å². The van der Waals surface area contributed by atoms with E-state index in [-0.39, 0.29) is 5.91 Å². The van der Waals surface area contributed by atoms with Crippen molar-refractivity contribution in [2.24, 2.45) is 5.10 Å². The van der Waals surface area contributed by atoms with Crippen LogP contribution in [0.5, 0.6) is 0 Å². The molecule has 0 radical (unpaired) electrons. The van der Waals surface area contributed by atoms with Crippen molar-refractivity contribution < 1.29 is 19.9 Å². The molecule has 0 spiro atoms. The number of halogens is 1. The van der Waals surface area contributed by atoms with Crippen LogP contribution < -0.4 is 5.43 Å². The summed E-state index contributed by atoms with van der Waals surface area (Å²) in [4.78, 5) is 15.6. The van der Waals surface area contributed by atoms with E-state index in [1.54, 1.807) is 24.4 Å². The second kappa shape index (κ2) is 9.44. The SMILES string of the molecule is O=C(N/N=C(\[S-])c1ccccc1)c1ccccn1.[Cl][Cu+]. The molecule has 0 unspecified atom stereocenters. The van der Waals surface area contributed by atoms with Gasteiger partial charge in [0.15, 0.2) is 0 Å². The number of hydrogen-bond acceptors (Lipinski definition) is 4. The van der Waals surface area contributed by atoms with Gasteiger partial charge in [-0.25, -0.2) is 10.5 Å². The average molecular weight is 355 g/mol. The molecule has 0 saturated carbocycles. The van der Waals surface area contributed by atoms with Gasteiger partial charge >= 0.3 is 25.2 Å². The molecule has 4 nitrogen and oxygen atoms in total. The maximum atomic E-state index is 11.7. The van der Waals surface area contributed by atoms with Crippen LogP contribution in [0, 0.1) is 0 Å². The molecule has 107 valence electrons. The van der Waals surface area contributed by atoms with Crippen LogP contribution in [0.25, 0.3) is 0 Å². The van der Waals surface area contributed by atoms with E-state index in [2.05, 4.69) is 40.7 Å². The summed E-state index contributed by atoms with van der Waals surface area (Å²) in [5.41, 5.74) is 3.47. The topological polar surface area (TPSA) is 54.4 Å². The summed E-state index contributed by atoms with van der Waals surface area (Å²) in [6, 6.07) is 14.3. The fourth-order valence-corrected chi connectivity index (χ4v) is 1.48. The van der Waals surface area contributed by atoms with E-state index in [1.807, 2.05) is 30.3 Å². The molecular formula is C13H10ClCuN3OS. The average Bonchev–Trinajstić information content (AvgIpc) is 2.55. The molecule has 0 atom stereocenters. The van der Waals surface area contributed by atoms with Gasteiger partial charge < -0.3 is 12.6 Å². The summed E-state index contributed by atoms with van der Waals surface area (Å²) < 4.78 is 0. The molecule has 1 aromatic carbocycles. The number of benzene rings is 1. The van der Waals surface area contributed by atoms with Crippen molar-refractivity contribution in [3.05, 3.63) is 66.0 Å². The first-order valence-electron chi connectivity index (χ1n) is 5.40. The van der Waals surface area contributed by atoms with E-state index in [1.165, 1.54) is 0 Å². The molecule has 1 N–H and O–H groups in total. The molecule has 0 saturated heterocycles. The van der Waals surface area contributed by atoms with Crippen LogP contribution >= 0.6 is 10.1 Å². The van der Waals surface area contributed by atoms with Gasteiger partial charge in [0.25, 0.3) is 5.91 Å². The molecule has 0 bridgehead atoms. The van der Waals surface area contributed by atoms with Gasteiger partial charge in [0.05, 0.1) is 0 Å². The molecule has 1 amide bonds. The van der Waals surface area contributed by atoms with Gasteiger partial charge in [-0.15, -0.1) is 0 Å². The number of hydrogen-bond donors (Lipinski definition) is 1. The van der Waals surface area contributed by atoms with E-state index in [4.69, 9.17) is 12.6 Å². The molecule has 0 aliphatic rings. The molecule has 0 aliphatic heterocycles. The number of amides is 1. The van der Waals surface area contributed by atoms with E-state index in [9.17, 15) is 4.79 Å². The van der Waals surface area contributed by atoms with Gasteiger partial charge in [-0.2, -0.15) is 0 Å². The Morgan fingerprint density at radius 1 is 1.15 bits per heavy atom. The first kappa shape index (κ1) is 16.6. The zero-order valence-corrected chi connectivity index (χ0v) is 12.6. The van der Waals surface area contributed by atoms with Crippen molar-refractivity contribution in [2.75, 3.05) is 0 Å². The monoisotopic (exact) mass is 354 g/mol. The molecule has 2 rings (SSSR count). The Morgan fingerprint density at radius 2 is 1.80 bits per heavy atom. The van der Waals surface area contributed by atoms with E-state index in [0.717, 1.165) is 5.56 Å². The molecule has 2 aromatic rings. The summed E-state index contributed by atoms with van der Waals surface area (Å²) in [5.74, 6) is -0.381. The van der Waals surface area contributed by atoms with Crippen LogP contribution in [0.3, 0.4) is 0 Å². The second-order valence-corrected chi connectivity index (χ2v) is 3.83. The molecule has 1 heterocycles. The number of nitrogens with zero attached hydrogens (tertiary/aromatic N) is 2. The summed E-state index contributed by atoms with van der Waals surface area (Å²) >= 11 is 8.75. The zero-order chi connectivity index (χ0) is 14.8. The number of aromatic nitrogens is 1. The number of nitrogens with one attached hydrogen (secondary N) is 1. The number of hydrazone groups is 1. The Hall–Kier alpha value is -1.46. The maximum absolute atomic E-state index is 11.7. The van der Waals surface area contributed by atoms with Gasteiger partial charge in [0.2, 0.25) is 0 Å². The fourth-order valence-electron chi connectivity index (χ4n) is 1.30. The zero-order valence-electron chi connectivity index (χ0n) is 10.1. The van der Waals surface area contributed by atoms with Crippen LogP contribution in [0.15, 0.2) is 59.8 Å². The number of carbonyl (C=O) groups is 1. The van der Waals surface area contributed by atoms with Gasteiger partial charge in [-0.3, -0.25) is 9.78 Å². The Kier molecular flexibility index (Phi) is 7.84. The first-order valence-corrected chi connectivity index (χ1v) is 7.10. The third-order valence-corrected chi connectivity index (χ3v) is 2.50. The molecule has 20 heavy (non-hydrogen) atoms. The summed E-state index contributed by atoms with van der Waals surface area (Å²) in [6.45, 7) is 0. The van der Waals surface area contributed by atoms with Gasteiger partial charge in [-0.1, -0.05) is 41.4 Å². The van der Waals surface area contributed by atoms with E-state index >= 15 is 0 Å². The van der Waals surface area contributed by atoms with Crippen LogP contribution in [0.2, 0.25) is 0 Å². The Bertz CT molecular complexity index is 566. The minimum atomic E-state index is -0.381. The van der Waals surface area contributed by atoms with E-state index < -0.39 is 0 Å². The fraction of sp³-hybridized carbons (Fsp3) is 0.